The first-order chi connectivity index (χ1) is 4.70. The van der Waals surface area contributed by atoms with E-state index in [0.29, 0.717) is 0 Å². The standard InChI is InChI=1S/C8H12O2/c1-6-4-3-5-8(6)10-7(2)9/h8H,1,3-5H2,2H3. The van der Waals surface area contributed by atoms with E-state index in [0.717, 1.165) is 24.8 Å². The average Bonchev–Trinajstić information content (AvgIpc) is 2.15. The lowest BCUT2D eigenvalue weighted by atomic mass is 10.2. The van der Waals surface area contributed by atoms with Gasteiger partial charge < -0.3 is 4.74 Å². The molecule has 1 saturated carbocycles. The molecule has 0 spiro atoms. The topological polar surface area (TPSA) is 26.3 Å². The molecular weight excluding hydrogens is 128 g/mol. The summed E-state index contributed by atoms with van der Waals surface area (Å²) in [4.78, 5) is 10.5. The van der Waals surface area contributed by atoms with Gasteiger partial charge in [-0.3, -0.25) is 4.79 Å². The van der Waals surface area contributed by atoms with Crippen LogP contribution in [0.3, 0.4) is 0 Å². The number of carbonyl (C=O) groups excluding carboxylic acids is 1. The molecule has 56 valence electrons. The number of ether oxygens (including phenoxy) is 1. The van der Waals surface area contributed by atoms with E-state index >= 15 is 0 Å². The Morgan fingerprint density at radius 3 is 2.90 bits per heavy atom. The largest absolute Gasteiger partial charge is 0.458 e. The third kappa shape index (κ3) is 1.59. The van der Waals surface area contributed by atoms with Crippen molar-refractivity contribution in [3.8, 4) is 0 Å². The van der Waals surface area contributed by atoms with E-state index in [2.05, 4.69) is 6.58 Å². The molecule has 0 amide bonds. The number of carbonyl (C=O) groups is 1. The zero-order valence-corrected chi connectivity index (χ0v) is 6.22. The minimum absolute atomic E-state index is 0.0116. The molecular formula is C8H12O2. The van der Waals surface area contributed by atoms with E-state index in [-0.39, 0.29) is 12.1 Å². The molecule has 0 radical (unpaired) electrons. The minimum atomic E-state index is -0.201. The van der Waals surface area contributed by atoms with Gasteiger partial charge in [-0.05, 0) is 24.8 Å². The lowest BCUT2D eigenvalue weighted by Gasteiger charge is -2.09. The lowest BCUT2D eigenvalue weighted by Crippen LogP contribution is -2.12. The third-order valence-electron chi connectivity index (χ3n) is 1.73. The van der Waals surface area contributed by atoms with Gasteiger partial charge in [0.25, 0.3) is 0 Å². The summed E-state index contributed by atoms with van der Waals surface area (Å²) in [5.41, 5.74) is 1.07. The second-order valence-electron chi connectivity index (χ2n) is 2.65. The van der Waals surface area contributed by atoms with Crippen LogP contribution < -0.4 is 0 Å². The molecule has 0 aliphatic heterocycles. The molecule has 2 heteroatoms. The molecule has 1 unspecified atom stereocenters. The summed E-state index contributed by atoms with van der Waals surface area (Å²) < 4.78 is 4.98. The Labute approximate surface area is 60.9 Å². The van der Waals surface area contributed by atoms with E-state index in [1.165, 1.54) is 6.92 Å². The SMILES string of the molecule is C=C1CCCC1OC(C)=O. The zero-order valence-electron chi connectivity index (χ0n) is 6.22. The summed E-state index contributed by atoms with van der Waals surface area (Å²) in [5, 5.41) is 0. The van der Waals surface area contributed by atoms with Gasteiger partial charge in [0.1, 0.15) is 6.10 Å². The molecule has 1 atom stereocenters. The van der Waals surface area contributed by atoms with Gasteiger partial charge in [0.2, 0.25) is 0 Å². The van der Waals surface area contributed by atoms with Crippen molar-refractivity contribution >= 4 is 5.97 Å². The monoisotopic (exact) mass is 140 g/mol. The smallest absolute Gasteiger partial charge is 0.303 e. The summed E-state index contributed by atoms with van der Waals surface area (Å²) in [6.07, 6.45) is 3.09. The predicted octanol–water partition coefficient (Wildman–Crippen LogP) is 1.66. The van der Waals surface area contributed by atoms with Crippen molar-refractivity contribution in [1.29, 1.82) is 0 Å². The highest BCUT2D eigenvalue weighted by Gasteiger charge is 2.20. The van der Waals surface area contributed by atoms with Crippen molar-refractivity contribution in [2.75, 3.05) is 0 Å². The first-order valence-corrected chi connectivity index (χ1v) is 3.55. The van der Waals surface area contributed by atoms with Crippen LogP contribution in [0, 0.1) is 0 Å². The zero-order chi connectivity index (χ0) is 7.56. The van der Waals surface area contributed by atoms with E-state index in [1.807, 2.05) is 0 Å². The summed E-state index contributed by atoms with van der Waals surface area (Å²) in [6.45, 7) is 5.25. The normalized spacial score (nSPS) is 24.9. The molecule has 1 aliphatic rings. The summed E-state index contributed by atoms with van der Waals surface area (Å²) in [7, 11) is 0. The van der Waals surface area contributed by atoms with Crippen molar-refractivity contribution in [1.82, 2.24) is 0 Å². The second kappa shape index (κ2) is 2.86. The summed E-state index contributed by atoms with van der Waals surface area (Å²) in [6, 6.07) is 0. The van der Waals surface area contributed by atoms with Crippen LogP contribution in [-0.4, -0.2) is 12.1 Å². The number of hydrogen-bond acceptors (Lipinski definition) is 2. The van der Waals surface area contributed by atoms with Crippen LogP contribution in [0.1, 0.15) is 26.2 Å². The van der Waals surface area contributed by atoms with Crippen molar-refractivity contribution in [2.45, 2.75) is 32.3 Å². The molecule has 0 aromatic carbocycles. The van der Waals surface area contributed by atoms with Crippen LogP contribution in [0.4, 0.5) is 0 Å². The second-order valence-corrected chi connectivity index (χ2v) is 2.65. The highest BCUT2D eigenvalue weighted by molar-refractivity contribution is 5.66. The van der Waals surface area contributed by atoms with Crippen LogP contribution in [0.5, 0.6) is 0 Å². The molecule has 0 aromatic rings. The van der Waals surface area contributed by atoms with E-state index in [9.17, 15) is 4.79 Å². The van der Waals surface area contributed by atoms with Gasteiger partial charge in [0.15, 0.2) is 0 Å². The Hall–Kier alpha value is -0.790. The molecule has 2 nitrogen and oxygen atoms in total. The average molecular weight is 140 g/mol. The molecule has 0 saturated heterocycles. The molecule has 1 aliphatic carbocycles. The van der Waals surface area contributed by atoms with Crippen molar-refractivity contribution in [2.24, 2.45) is 0 Å². The molecule has 1 fully saturated rings. The van der Waals surface area contributed by atoms with Crippen LogP contribution in [-0.2, 0) is 9.53 Å². The molecule has 0 heterocycles. The fourth-order valence-corrected chi connectivity index (χ4v) is 1.22. The molecule has 1 rings (SSSR count). The Bertz CT molecular complexity index is 161. The Kier molecular flexibility index (Phi) is 2.10. The Balaban J connectivity index is 2.40. The Morgan fingerprint density at radius 2 is 2.50 bits per heavy atom. The van der Waals surface area contributed by atoms with Crippen molar-refractivity contribution < 1.29 is 9.53 Å². The summed E-state index contributed by atoms with van der Waals surface area (Å²) in [5.74, 6) is -0.201. The fourth-order valence-electron chi connectivity index (χ4n) is 1.22. The quantitative estimate of drug-likeness (QED) is 0.409. The molecule has 10 heavy (non-hydrogen) atoms. The number of hydrogen-bond donors (Lipinski definition) is 0. The summed E-state index contributed by atoms with van der Waals surface area (Å²) >= 11 is 0. The molecule has 0 aromatic heterocycles. The van der Waals surface area contributed by atoms with E-state index < -0.39 is 0 Å². The van der Waals surface area contributed by atoms with Gasteiger partial charge in [-0.15, -0.1) is 0 Å². The van der Waals surface area contributed by atoms with Gasteiger partial charge in [-0.2, -0.15) is 0 Å². The van der Waals surface area contributed by atoms with Crippen LogP contribution >= 0.6 is 0 Å². The predicted molar refractivity (Wildman–Crippen MR) is 38.5 cm³/mol. The van der Waals surface area contributed by atoms with Gasteiger partial charge in [0.05, 0.1) is 0 Å². The molecule has 0 bridgehead atoms. The van der Waals surface area contributed by atoms with Gasteiger partial charge in [-0.25, -0.2) is 0 Å². The van der Waals surface area contributed by atoms with Crippen LogP contribution in [0.15, 0.2) is 12.2 Å². The fraction of sp³-hybridized carbons (Fsp3) is 0.625. The maximum absolute atomic E-state index is 10.5. The van der Waals surface area contributed by atoms with Crippen LogP contribution in [0.25, 0.3) is 0 Å². The molecule has 0 N–H and O–H groups in total. The van der Waals surface area contributed by atoms with Crippen LogP contribution in [0.2, 0.25) is 0 Å². The maximum atomic E-state index is 10.5. The van der Waals surface area contributed by atoms with E-state index in [4.69, 9.17) is 4.74 Å². The van der Waals surface area contributed by atoms with Gasteiger partial charge in [0, 0.05) is 6.92 Å². The maximum Gasteiger partial charge on any atom is 0.303 e. The number of esters is 1. The Morgan fingerprint density at radius 1 is 1.80 bits per heavy atom. The van der Waals surface area contributed by atoms with Gasteiger partial charge >= 0.3 is 5.97 Å². The van der Waals surface area contributed by atoms with Crippen molar-refractivity contribution in [3.05, 3.63) is 12.2 Å². The van der Waals surface area contributed by atoms with Crippen molar-refractivity contribution in [3.63, 3.8) is 0 Å². The first kappa shape index (κ1) is 7.32. The first-order valence-electron chi connectivity index (χ1n) is 3.55. The third-order valence-corrected chi connectivity index (χ3v) is 1.73. The minimum Gasteiger partial charge on any atom is -0.458 e. The van der Waals surface area contributed by atoms with E-state index in [1.54, 1.807) is 0 Å². The van der Waals surface area contributed by atoms with Gasteiger partial charge in [-0.1, -0.05) is 6.58 Å². The highest BCUT2D eigenvalue weighted by Crippen LogP contribution is 2.25. The lowest BCUT2D eigenvalue weighted by molar-refractivity contribution is -0.144. The number of rotatable bonds is 1. The highest BCUT2D eigenvalue weighted by atomic mass is 16.5.